The number of aromatic nitrogens is 2. The average Bonchev–Trinajstić information content (AvgIpc) is 2.96. The second-order valence-electron chi connectivity index (χ2n) is 8.13. The molecule has 0 radical (unpaired) electrons. The number of anilines is 1. The molecular weight excluding hydrogens is 377 g/mol. The number of hydrogen-bond acceptors (Lipinski definition) is 6. The van der Waals surface area contributed by atoms with Crippen molar-refractivity contribution in [2.24, 2.45) is 0 Å². The molecule has 1 aromatic rings. The van der Waals surface area contributed by atoms with Crippen LogP contribution in [-0.2, 0) is 9.53 Å². The maximum atomic E-state index is 10.6. The van der Waals surface area contributed by atoms with Crippen LogP contribution in [0.3, 0.4) is 0 Å². The maximum absolute atomic E-state index is 10.6. The van der Waals surface area contributed by atoms with E-state index in [0.29, 0.717) is 6.04 Å². The first-order valence-corrected chi connectivity index (χ1v) is 9.14. The van der Waals surface area contributed by atoms with Crippen LogP contribution < -0.4 is 10.2 Å². The molecular formula is C18H27F3N4O3. The summed E-state index contributed by atoms with van der Waals surface area (Å²) in [5, 5.41) is 10.8. The molecule has 10 heteroatoms. The first-order chi connectivity index (χ1) is 12.9. The van der Waals surface area contributed by atoms with Crippen molar-refractivity contribution in [1.82, 2.24) is 15.3 Å². The Hall–Kier alpha value is -1.94. The Bertz CT molecular complexity index is 642. The molecule has 2 saturated heterocycles. The molecule has 2 aliphatic rings. The van der Waals surface area contributed by atoms with Gasteiger partial charge in [-0.3, -0.25) is 0 Å². The first kappa shape index (κ1) is 22.4. The maximum Gasteiger partial charge on any atom is 0.490 e. The molecule has 3 rings (SSSR count). The molecule has 0 amide bonds. The third-order valence-corrected chi connectivity index (χ3v) is 4.60. The molecule has 158 valence electrons. The molecule has 2 fully saturated rings. The molecule has 0 aromatic carbocycles. The Labute approximate surface area is 162 Å². The van der Waals surface area contributed by atoms with Crippen LogP contribution in [0.4, 0.5) is 19.1 Å². The van der Waals surface area contributed by atoms with Crippen LogP contribution in [0, 0.1) is 0 Å². The fourth-order valence-electron chi connectivity index (χ4n) is 3.47. The average molecular weight is 404 g/mol. The zero-order valence-corrected chi connectivity index (χ0v) is 16.3. The van der Waals surface area contributed by atoms with E-state index < -0.39 is 12.1 Å². The van der Waals surface area contributed by atoms with Gasteiger partial charge in [0, 0.05) is 37.1 Å². The van der Waals surface area contributed by atoms with Crippen LogP contribution >= 0.6 is 0 Å². The van der Waals surface area contributed by atoms with Gasteiger partial charge in [0.25, 0.3) is 0 Å². The number of nitrogens with zero attached hydrogens (tertiary/aromatic N) is 3. The standard InChI is InChI=1S/C16H26N4O.C2HF3O2/c1-15(2,3)19-13-11-16(21-12-13)5-9-20(10-6-16)14-17-7-4-8-18-14;3-2(4,5)1(6)7/h4,7-8,13,19H,5-6,9-12H2,1-3H3;(H,6,7). The summed E-state index contributed by atoms with van der Waals surface area (Å²) in [5.41, 5.74) is 0.215. The summed E-state index contributed by atoms with van der Waals surface area (Å²) in [4.78, 5) is 19.8. The molecule has 0 aliphatic carbocycles. The number of piperidine rings is 1. The van der Waals surface area contributed by atoms with Gasteiger partial charge in [0.2, 0.25) is 5.95 Å². The number of halogens is 3. The van der Waals surface area contributed by atoms with Crippen molar-refractivity contribution in [2.75, 3.05) is 24.6 Å². The smallest absolute Gasteiger partial charge is 0.475 e. The quantitative estimate of drug-likeness (QED) is 0.783. The number of aliphatic carboxylic acids is 1. The third-order valence-electron chi connectivity index (χ3n) is 4.60. The molecule has 3 heterocycles. The molecule has 1 spiro atoms. The predicted octanol–water partition coefficient (Wildman–Crippen LogP) is 2.63. The van der Waals surface area contributed by atoms with Gasteiger partial charge in [0.05, 0.1) is 12.2 Å². The molecule has 0 saturated carbocycles. The minimum absolute atomic E-state index is 0.0637. The molecule has 1 atom stereocenters. The largest absolute Gasteiger partial charge is 0.490 e. The fraction of sp³-hybridized carbons (Fsp3) is 0.722. The van der Waals surface area contributed by atoms with Crippen LogP contribution in [0.5, 0.6) is 0 Å². The topological polar surface area (TPSA) is 87.6 Å². The van der Waals surface area contributed by atoms with E-state index in [1.54, 1.807) is 0 Å². The van der Waals surface area contributed by atoms with Crippen molar-refractivity contribution in [3.05, 3.63) is 18.5 Å². The zero-order chi connectivity index (χ0) is 21.0. The van der Waals surface area contributed by atoms with Gasteiger partial charge in [-0.2, -0.15) is 13.2 Å². The SMILES string of the molecule is CC(C)(C)NC1COC2(CCN(c3ncccn3)CC2)C1.O=C(O)C(F)(F)F. The van der Waals surface area contributed by atoms with Crippen LogP contribution in [0.1, 0.15) is 40.0 Å². The van der Waals surface area contributed by atoms with Crippen LogP contribution in [0.25, 0.3) is 0 Å². The predicted molar refractivity (Wildman–Crippen MR) is 97.1 cm³/mol. The van der Waals surface area contributed by atoms with E-state index in [-0.39, 0.29) is 11.1 Å². The van der Waals surface area contributed by atoms with Crippen molar-refractivity contribution >= 4 is 11.9 Å². The number of hydrogen-bond donors (Lipinski definition) is 2. The summed E-state index contributed by atoms with van der Waals surface area (Å²) < 4.78 is 37.9. The molecule has 2 aliphatic heterocycles. The lowest BCUT2D eigenvalue weighted by molar-refractivity contribution is -0.192. The van der Waals surface area contributed by atoms with E-state index >= 15 is 0 Å². The molecule has 28 heavy (non-hydrogen) atoms. The van der Waals surface area contributed by atoms with Crippen molar-refractivity contribution in [3.8, 4) is 0 Å². The lowest BCUT2D eigenvalue weighted by Gasteiger charge is -2.38. The highest BCUT2D eigenvalue weighted by molar-refractivity contribution is 5.73. The molecule has 2 N–H and O–H groups in total. The summed E-state index contributed by atoms with van der Waals surface area (Å²) >= 11 is 0. The second kappa shape index (κ2) is 8.60. The van der Waals surface area contributed by atoms with E-state index in [1.807, 2.05) is 18.5 Å². The van der Waals surface area contributed by atoms with E-state index in [9.17, 15) is 13.2 Å². The van der Waals surface area contributed by atoms with Gasteiger partial charge in [0.1, 0.15) is 0 Å². The van der Waals surface area contributed by atoms with Gasteiger partial charge in [-0.15, -0.1) is 0 Å². The minimum atomic E-state index is -5.08. The van der Waals surface area contributed by atoms with Gasteiger partial charge in [-0.1, -0.05) is 0 Å². The van der Waals surface area contributed by atoms with Gasteiger partial charge >= 0.3 is 12.1 Å². The summed E-state index contributed by atoms with van der Waals surface area (Å²) in [6, 6.07) is 2.34. The zero-order valence-electron chi connectivity index (χ0n) is 16.3. The Morgan fingerprint density at radius 1 is 1.25 bits per heavy atom. The summed E-state index contributed by atoms with van der Waals surface area (Å²) in [6.45, 7) is 9.44. The Morgan fingerprint density at radius 3 is 2.25 bits per heavy atom. The highest BCUT2D eigenvalue weighted by Gasteiger charge is 2.43. The molecule has 7 nitrogen and oxygen atoms in total. The van der Waals surface area contributed by atoms with Gasteiger partial charge in [-0.25, -0.2) is 14.8 Å². The number of carboxylic acids is 1. The first-order valence-electron chi connectivity index (χ1n) is 9.14. The van der Waals surface area contributed by atoms with E-state index in [4.69, 9.17) is 14.6 Å². The van der Waals surface area contributed by atoms with Crippen molar-refractivity contribution < 1.29 is 27.8 Å². The third kappa shape index (κ3) is 6.59. The number of alkyl halides is 3. The van der Waals surface area contributed by atoms with Crippen LogP contribution in [0.15, 0.2) is 18.5 Å². The Morgan fingerprint density at radius 2 is 1.79 bits per heavy atom. The van der Waals surface area contributed by atoms with Gasteiger partial charge < -0.3 is 20.1 Å². The summed E-state index contributed by atoms with van der Waals surface area (Å²) in [7, 11) is 0. The molecule has 0 bridgehead atoms. The highest BCUT2D eigenvalue weighted by atomic mass is 19.4. The summed E-state index contributed by atoms with van der Waals surface area (Å²) in [5.74, 6) is -1.91. The van der Waals surface area contributed by atoms with E-state index in [1.165, 1.54) is 0 Å². The summed E-state index contributed by atoms with van der Waals surface area (Å²) in [6.07, 6.45) is 1.78. The highest BCUT2D eigenvalue weighted by Crippen LogP contribution is 2.37. The van der Waals surface area contributed by atoms with Crippen LogP contribution in [-0.4, -0.2) is 64.1 Å². The molecule has 1 aromatic heterocycles. The Balaban J connectivity index is 0.000000345. The van der Waals surface area contributed by atoms with Crippen molar-refractivity contribution in [3.63, 3.8) is 0 Å². The number of carbonyl (C=O) groups is 1. The minimum Gasteiger partial charge on any atom is -0.475 e. The van der Waals surface area contributed by atoms with Crippen molar-refractivity contribution in [2.45, 2.75) is 63.4 Å². The van der Waals surface area contributed by atoms with E-state index in [0.717, 1.165) is 44.9 Å². The lowest BCUT2D eigenvalue weighted by Crippen LogP contribution is -2.47. The van der Waals surface area contributed by atoms with Crippen LogP contribution in [0.2, 0.25) is 0 Å². The number of rotatable bonds is 2. The normalized spacial score (nSPS) is 21.9. The number of nitrogens with one attached hydrogen (secondary N) is 1. The Kier molecular flexibility index (Phi) is 6.87. The number of carboxylic acid groups (broad SMARTS) is 1. The van der Waals surface area contributed by atoms with Gasteiger partial charge in [0.15, 0.2) is 0 Å². The van der Waals surface area contributed by atoms with E-state index in [2.05, 4.69) is 41.0 Å². The van der Waals surface area contributed by atoms with Gasteiger partial charge in [-0.05, 0) is 46.1 Å². The molecule has 1 unspecified atom stereocenters. The number of ether oxygens (including phenoxy) is 1. The second-order valence-corrected chi connectivity index (χ2v) is 8.13. The lowest BCUT2D eigenvalue weighted by atomic mass is 9.87. The van der Waals surface area contributed by atoms with Crippen molar-refractivity contribution in [1.29, 1.82) is 0 Å². The monoisotopic (exact) mass is 404 g/mol. The fourth-order valence-corrected chi connectivity index (χ4v) is 3.47.